The zero-order valence-corrected chi connectivity index (χ0v) is 10.7. The Morgan fingerprint density at radius 2 is 2.06 bits per heavy atom. The summed E-state index contributed by atoms with van der Waals surface area (Å²) in [5.41, 5.74) is 1.26. The molecule has 0 saturated carbocycles. The summed E-state index contributed by atoms with van der Waals surface area (Å²) in [4.78, 5) is 6.58. The molecule has 88 valence electrons. The number of rotatable bonds is 2. The molecule has 0 bridgehead atoms. The van der Waals surface area contributed by atoms with Crippen molar-refractivity contribution in [1.29, 1.82) is 0 Å². The van der Waals surface area contributed by atoms with E-state index in [2.05, 4.69) is 29.8 Å². The van der Waals surface area contributed by atoms with Crippen LogP contribution in [0, 0.1) is 0 Å². The van der Waals surface area contributed by atoms with Crippen molar-refractivity contribution in [2.75, 3.05) is 0 Å². The standard InChI is InChI=1S/C13H19ClN2/c1-10-4-3-5-11(2)16(10)9-12-6-7-15-13(14)8-12/h6-8,10-11H,3-5,9H2,1-2H3/t10-,11+. The second-order valence-corrected chi connectivity index (χ2v) is 5.18. The van der Waals surface area contributed by atoms with E-state index in [1.165, 1.54) is 24.8 Å². The molecule has 0 radical (unpaired) electrons. The molecule has 1 saturated heterocycles. The molecule has 1 aromatic heterocycles. The van der Waals surface area contributed by atoms with Gasteiger partial charge in [-0.05, 0) is 44.4 Å². The van der Waals surface area contributed by atoms with Crippen LogP contribution in [0.1, 0.15) is 38.7 Å². The summed E-state index contributed by atoms with van der Waals surface area (Å²) in [6.45, 7) is 5.63. The average Bonchev–Trinajstić information content (AvgIpc) is 2.24. The number of halogens is 1. The summed E-state index contributed by atoms with van der Waals surface area (Å²) in [6, 6.07) is 5.38. The third-order valence-corrected chi connectivity index (χ3v) is 3.74. The number of hydrogen-bond donors (Lipinski definition) is 0. The molecule has 0 N–H and O–H groups in total. The molecule has 1 aliphatic rings. The van der Waals surface area contributed by atoms with Crippen LogP contribution in [0.4, 0.5) is 0 Å². The maximum Gasteiger partial charge on any atom is 0.129 e. The van der Waals surface area contributed by atoms with E-state index in [0.717, 1.165) is 6.54 Å². The monoisotopic (exact) mass is 238 g/mol. The largest absolute Gasteiger partial charge is 0.294 e. The highest BCUT2D eigenvalue weighted by atomic mass is 35.5. The van der Waals surface area contributed by atoms with Gasteiger partial charge >= 0.3 is 0 Å². The van der Waals surface area contributed by atoms with Gasteiger partial charge in [-0.2, -0.15) is 0 Å². The number of aromatic nitrogens is 1. The fourth-order valence-electron chi connectivity index (χ4n) is 2.54. The Balaban J connectivity index is 2.07. The van der Waals surface area contributed by atoms with Crippen molar-refractivity contribution in [3.05, 3.63) is 29.0 Å². The number of piperidine rings is 1. The van der Waals surface area contributed by atoms with Crippen LogP contribution in [0.3, 0.4) is 0 Å². The second-order valence-electron chi connectivity index (χ2n) is 4.79. The minimum atomic E-state index is 0.592. The smallest absolute Gasteiger partial charge is 0.129 e. The predicted molar refractivity (Wildman–Crippen MR) is 67.6 cm³/mol. The molecule has 2 atom stereocenters. The van der Waals surface area contributed by atoms with Gasteiger partial charge in [-0.15, -0.1) is 0 Å². The zero-order chi connectivity index (χ0) is 11.5. The van der Waals surface area contributed by atoms with Crippen LogP contribution < -0.4 is 0 Å². The van der Waals surface area contributed by atoms with Crippen LogP contribution in [0.2, 0.25) is 5.15 Å². The van der Waals surface area contributed by atoms with Crippen LogP contribution >= 0.6 is 11.6 Å². The Kier molecular flexibility index (Phi) is 3.82. The summed E-state index contributed by atoms with van der Waals surface area (Å²) in [7, 11) is 0. The number of pyridine rings is 1. The molecule has 2 rings (SSSR count). The predicted octanol–water partition coefficient (Wildman–Crippen LogP) is 3.50. The molecule has 0 amide bonds. The van der Waals surface area contributed by atoms with Gasteiger partial charge in [0.2, 0.25) is 0 Å². The Bertz CT molecular complexity index is 344. The van der Waals surface area contributed by atoms with Gasteiger partial charge in [-0.1, -0.05) is 18.0 Å². The lowest BCUT2D eigenvalue weighted by Gasteiger charge is -2.39. The van der Waals surface area contributed by atoms with E-state index < -0.39 is 0 Å². The molecule has 0 aromatic carbocycles. The van der Waals surface area contributed by atoms with Gasteiger partial charge in [0.15, 0.2) is 0 Å². The summed E-state index contributed by atoms with van der Waals surface area (Å²) in [6.07, 6.45) is 5.76. The first-order chi connectivity index (χ1) is 7.66. The van der Waals surface area contributed by atoms with Crippen molar-refractivity contribution >= 4 is 11.6 Å². The van der Waals surface area contributed by atoms with E-state index in [9.17, 15) is 0 Å². The summed E-state index contributed by atoms with van der Waals surface area (Å²) >= 11 is 5.91. The normalized spacial score (nSPS) is 26.9. The lowest BCUT2D eigenvalue weighted by molar-refractivity contribution is 0.0952. The first-order valence-electron chi connectivity index (χ1n) is 6.03. The summed E-state index contributed by atoms with van der Waals surface area (Å²) < 4.78 is 0. The van der Waals surface area contributed by atoms with E-state index in [1.54, 1.807) is 6.20 Å². The lowest BCUT2D eigenvalue weighted by Crippen LogP contribution is -2.42. The van der Waals surface area contributed by atoms with Gasteiger partial charge in [0.25, 0.3) is 0 Å². The molecular formula is C13H19ClN2. The van der Waals surface area contributed by atoms with E-state index in [-0.39, 0.29) is 0 Å². The number of likely N-dealkylation sites (tertiary alicyclic amines) is 1. The molecule has 0 unspecified atom stereocenters. The van der Waals surface area contributed by atoms with Crippen LogP contribution in [-0.4, -0.2) is 22.0 Å². The van der Waals surface area contributed by atoms with E-state index in [1.807, 2.05) is 6.07 Å². The van der Waals surface area contributed by atoms with Crippen molar-refractivity contribution in [3.63, 3.8) is 0 Å². The maximum absolute atomic E-state index is 5.91. The van der Waals surface area contributed by atoms with Crippen molar-refractivity contribution in [3.8, 4) is 0 Å². The van der Waals surface area contributed by atoms with E-state index in [4.69, 9.17) is 11.6 Å². The molecule has 16 heavy (non-hydrogen) atoms. The van der Waals surface area contributed by atoms with Crippen LogP contribution in [0.5, 0.6) is 0 Å². The fraction of sp³-hybridized carbons (Fsp3) is 0.615. The topological polar surface area (TPSA) is 16.1 Å². The number of hydrogen-bond acceptors (Lipinski definition) is 2. The van der Waals surface area contributed by atoms with Gasteiger partial charge in [0, 0.05) is 24.8 Å². The van der Waals surface area contributed by atoms with E-state index >= 15 is 0 Å². The maximum atomic E-state index is 5.91. The van der Waals surface area contributed by atoms with Crippen LogP contribution in [-0.2, 0) is 6.54 Å². The molecule has 0 spiro atoms. The zero-order valence-electron chi connectivity index (χ0n) is 9.99. The minimum Gasteiger partial charge on any atom is -0.294 e. The molecule has 2 heterocycles. The highest BCUT2D eigenvalue weighted by Gasteiger charge is 2.24. The third-order valence-electron chi connectivity index (χ3n) is 3.53. The molecule has 2 nitrogen and oxygen atoms in total. The molecule has 1 aromatic rings. The fourth-order valence-corrected chi connectivity index (χ4v) is 2.73. The molecule has 3 heteroatoms. The van der Waals surface area contributed by atoms with Crippen LogP contribution in [0.25, 0.3) is 0 Å². The van der Waals surface area contributed by atoms with Crippen molar-refractivity contribution in [2.45, 2.75) is 51.7 Å². The molecule has 1 aliphatic heterocycles. The highest BCUT2D eigenvalue weighted by Crippen LogP contribution is 2.24. The summed E-state index contributed by atoms with van der Waals surface area (Å²) in [5.74, 6) is 0. The molecule has 1 fully saturated rings. The van der Waals surface area contributed by atoms with Gasteiger partial charge in [-0.3, -0.25) is 4.90 Å². The molecule has 0 aliphatic carbocycles. The third kappa shape index (κ3) is 2.74. The van der Waals surface area contributed by atoms with Gasteiger partial charge < -0.3 is 0 Å². The average molecular weight is 239 g/mol. The first kappa shape index (κ1) is 11.9. The van der Waals surface area contributed by atoms with Crippen molar-refractivity contribution in [1.82, 2.24) is 9.88 Å². The molecular weight excluding hydrogens is 220 g/mol. The number of nitrogens with zero attached hydrogens (tertiary/aromatic N) is 2. The quantitative estimate of drug-likeness (QED) is 0.734. The Hall–Kier alpha value is -0.600. The Morgan fingerprint density at radius 3 is 2.69 bits per heavy atom. The Labute approximate surface area is 103 Å². The van der Waals surface area contributed by atoms with Crippen molar-refractivity contribution < 1.29 is 0 Å². The highest BCUT2D eigenvalue weighted by molar-refractivity contribution is 6.29. The SMILES string of the molecule is C[C@@H]1CCC[C@H](C)N1Cc1ccnc(Cl)c1. The van der Waals surface area contributed by atoms with Gasteiger partial charge in [-0.25, -0.2) is 4.98 Å². The first-order valence-corrected chi connectivity index (χ1v) is 6.41. The van der Waals surface area contributed by atoms with Gasteiger partial charge in [0.1, 0.15) is 5.15 Å². The minimum absolute atomic E-state index is 0.592. The van der Waals surface area contributed by atoms with Crippen molar-refractivity contribution in [2.24, 2.45) is 0 Å². The van der Waals surface area contributed by atoms with Gasteiger partial charge in [0.05, 0.1) is 0 Å². The Morgan fingerprint density at radius 1 is 1.38 bits per heavy atom. The lowest BCUT2D eigenvalue weighted by atomic mass is 9.97. The van der Waals surface area contributed by atoms with E-state index in [0.29, 0.717) is 17.2 Å². The van der Waals surface area contributed by atoms with Crippen LogP contribution in [0.15, 0.2) is 18.3 Å². The summed E-state index contributed by atoms with van der Waals surface area (Å²) in [5, 5.41) is 0.592. The second kappa shape index (κ2) is 5.15.